The van der Waals surface area contributed by atoms with Crippen LogP contribution in [0.2, 0.25) is 0 Å². The molecule has 0 atom stereocenters. The molecular weight excluding hydrogens is 559 g/mol. The lowest BCUT2D eigenvalue weighted by molar-refractivity contribution is -0.167. The number of nitrogens with zero attached hydrogens (tertiary/aromatic N) is 1. The molecular formula is C33H26F3N3O4. The number of nitrogen functional groups attached to an aromatic ring is 1. The minimum Gasteiger partial charge on any atom is -0.457 e. The van der Waals surface area contributed by atoms with E-state index in [1.54, 1.807) is 96.4 Å². The highest BCUT2D eigenvalue weighted by molar-refractivity contribution is 6.13. The predicted molar refractivity (Wildman–Crippen MR) is 156 cm³/mol. The van der Waals surface area contributed by atoms with Gasteiger partial charge in [0.1, 0.15) is 6.61 Å². The molecule has 218 valence electrons. The van der Waals surface area contributed by atoms with E-state index >= 15 is 0 Å². The summed E-state index contributed by atoms with van der Waals surface area (Å²) in [5, 5.41) is 1.87. The molecule has 0 aliphatic carbocycles. The lowest BCUT2D eigenvalue weighted by Crippen LogP contribution is -2.31. The van der Waals surface area contributed by atoms with Crippen molar-refractivity contribution in [2.45, 2.75) is 26.1 Å². The van der Waals surface area contributed by atoms with Crippen molar-refractivity contribution in [3.63, 3.8) is 0 Å². The molecule has 7 nitrogen and oxygen atoms in total. The molecule has 0 unspecified atom stereocenters. The number of fused-ring (bicyclic) bond motifs is 1. The quantitative estimate of drug-likeness (QED) is 0.160. The number of amides is 1. The number of pyridine rings is 1. The van der Waals surface area contributed by atoms with E-state index in [9.17, 15) is 27.6 Å². The van der Waals surface area contributed by atoms with Crippen molar-refractivity contribution in [2.75, 3.05) is 11.1 Å². The van der Waals surface area contributed by atoms with E-state index in [4.69, 9.17) is 10.5 Å². The molecule has 3 N–H and O–H groups in total. The van der Waals surface area contributed by atoms with Crippen LogP contribution in [0.25, 0.3) is 5.52 Å². The molecule has 2 aromatic heterocycles. The first-order valence-electron chi connectivity index (χ1n) is 13.2. The van der Waals surface area contributed by atoms with E-state index in [0.717, 1.165) is 6.07 Å². The van der Waals surface area contributed by atoms with Gasteiger partial charge in [0.05, 0.1) is 28.1 Å². The Morgan fingerprint density at radius 1 is 0.884 bits per heavy atom. The normalized spacial score (nSPS) is 11.3. The van der Waals surface area contributed by atoms with E-state index in [1.807, 2.05) is 5.32 Å². The van der Waals surface area contributed by atoms with Crippen molar-refractivity contribution in [2.24, 2.45) is 0 Å². The van der Waals surface area contributed by atoms with Gasteiger partial charge < -0.3 is 20.2 Å². The number of carbonyl (C=O) groups excluding carboxylic acids is 3. The van der Waals surface area contributed by atoms with Crippen LogP contribution in [0.1, 0.15) is 48.7 Å². The summed E-state index contributed by atoms with van der Waals surface area (Å²) in [6, 6.07) is 25.2. The van der Waals surface area contributed by atoms with Gasteiger partial charge in [0.25, 0.3) is 0 Å². The maximum atomic E-state index is 14.1. The predicted octanol–water partition coefficient (Wildman–Crippen LogP) is 6.51. The minimum atomic E-state index is -5.23. The fourth-order valence-electron chi connectivity index (χ4n) is 4.86. The number of anilines is 2. The van der Waals surface area contributed by atoms with Gasteiger partial charge in [-0.25, -0.2) is 4.79 Å². The molecule has 0 saturated carbocycles. The monoisotopic (exact) mass is 585 g/mol. The van der Waals surface area contributed by atoms with E-state index in [0.29, 0.717) is 27.9 Å². The number of aromatic nitrogens is 1. The molecule has 0 fully saturated rings. The fraction of sp³-hybridized carbons (Fsp3) is 0.121. The molecule has 3 aromatic carbocycles. The molecule has 43 heavy (non-hydrogen) atoms. The number of ether oxygens (including phenoxy) is 1. The molecule has 1 amide bonds. The second-order valence-corrected chi connectivity index (χ2v) is 9.91. The lowest BCUT2D eigenvalue weighted by atomic mass is 9.94. The summed E-state index contributed by atoms with van der Waals surface area (Å²) in [7, 11) is 0. The molecule has 0 spiro atoms. The van der Waals surface area contributed by atoms with Crippen LogP contribution in [0, 0.1) is 6.92 Å². The van der Waals surface area contributed by atoms with Crippen LogP contribution in [0.15, 0.2) is 97.2 Å². The summed E-state index contributed by atoms with van der Waals surface area (Å²) in [6.07, 6.45) is -3.56. The zero-order valence-electron chi connectivity index (χ0n) is 22.9. The van der Waals surface area contributed by atoms with Crippen molar-refractivity contribution in [1.29, 1.82) is 0 Å². The van der Waals surface area contributed by atoms with Gasteiger partial charge in [-0.1, -0.05) is 66.7 Å². The number of alkyl halides is 3. The van der Waals surface area contributed by atoms with Crippen molar-refractivity contribution in [3.05, 3.63) is 136 Å². The molecule has 5 aromatic rings. The number of halogens is 3. The second-order valence-electron chi connectivity index (χ2n) is 9.91. The Bertz CT molecular complexity index is 1830. The summed E-state index contributed by atoms with van der Waals surface area (Å²) in [4.78, 5) is 39.7. The average Bonchev–Trinajstić information content (AvgIpc) is 3.26. The van der Waals surface area contributed by atoms with Crippen molar-refractivity contribution in [3.8, 4) is 0 Å². The van der Waals surface area contributed by atoms with Crippen LogP contribution in [0.5, 0.6) is 0 Å². The van der Waals surface area contributed by atoms with E-state index in [-0.39, 0.29) is 29.8 Å². The van der Waals surface area contributed by atoms with Crippen molar-refractivity contribution >= 4 is 34.6 Å². The van der Waals surface area contributed by atoms with Crippen LogP contribution in [0.4, 0.5) is 24.5 Å². The maximum Gasteiger partial charge on any atom is 0.471 e. The van der Waals surface area contributed by atoms with E-state index in [1.165, 1.54) is 6.07 Å². The molecule has 0 radical (unpaired) electrons. The third kappa shape index (κ3) is 6.13. The first-order chi connectivity index (χ1) is 20.5. The first-order valence-corrected chi connectivity index (χ1v) is 13.2. The van der Waals surface area contributed by atoms with E-state index < -0.39 is 35.1 Å². The number of carbonyl (C=O) groups is 3. The standard InChI is InChI=1S/C33H26F3N3O4/c1-20-27(37)26-14-8-9-15-39(26)29(20)30(40)24-17-23(16-21-10-4-2-5-11-21)28(38-32(42)33(34,35)36)25(18-24)31(41)43-19-22-12-6-3-7-13-22/h2-15,17-18H,16,19,37H2,1H3,(H,38,42). The Kier molecular flexibility index (Phi) is 8.03. The topological polar surface area (TPSA) is 103 Å². The number of esters is 1. The van der Waals surface area contributed by atoms with Gasteiger partial charge in [0, 0.05) is 17.3 Å². The second kappa shape index (κ2) is 11.8. The Labute approximate surface area is 244 Å². The summed E-state index contributed by atoms with van der Waals surface area (Å²) < 4.78 is 47.3. The Morgan fingerprint density at radius 2 is 1.51 bits per heavy atom. The van der Waals surface area contributed by atoms with Gasteiger partial charge >= 0.3 is 18.1 Å². The SMILES string of the molecule is Cc1c(N)c2ccccn2c1C(=O)c1cc(Cc2ccccc2)c(NC(=O)C(F)(F)F)c(C(=O)OCc2ccccc2)c1. The summed E-state index contributed by atoms with van der Waals surface area (Å²) in [5.74, 6) is -3.80. The number of benzene rings is 3. The molecule has 2 heterocycles. The smallest absolute Gasteiger partial charge is 0.457 e. The average molecular weight is 586 g/mol. The first kappa shape index (κ1) is 29.1. The number of nitrogens with one attached hydrogen (secondary N) is 1. The van der Waals surface area contributed by atoms with Crippen LogP contribution in [-0.4, -0.2) is 28.2 Å². The Hall–Kier alpha value is -5.38. The van der Waals surface area contributed by atoms with Gasteiger partial charge in [0.15, 0.2) is 0 Å². The highest BCUT2D eigenvalue weighted by atomic mass is 19.4. The Morgan fingerprint density at radius 3 is 2.16 bits per heavy atom. The summed E-state index contributed by atoms with van der Waals surface area (Å²) in [6.45, 7) is 1.50. The highest BCUT2D eigenvalue weighted by Crippen LogP contribution is 2.32. The molecule has 10 heteroatoms. The zero-order chi connectivity index (χ0) is 30.7. The van der Waals surface area contributed by atoms with Crippen LogP contribution >= 0.6 is 0 Å². The van der Waals surface area contributed by atoms with Crippen molar-refractivity contribution < 1.29 is 32.3 Å². The highest BCUT2D eigenvalue weighted by Gasteiger charge is 2.40. The van der Waals surface area contributed by atoms with Crippen molar-refractivity contribution in [1.82, 2.24) is 4.40 Å². The van der Waals surface area contributed by atoms with Gasteiger partial charge in [-0.15, -0.1) is 0 Å². The van der Waals surface area contributed by atoms with Gasteiger partial charge in [-0.05, 0) is 54.3 Å². The Balaban J connectivity index is 1.67. The molecule has 5 rings (SSSR count). The number of nitrogens with two attached hydrogens (primary N) is 1. The van der Waals surface area contributed by atoms with E-state index in [2.05, 4.69) is 0 Å². The molecule has 0 aliphatic rings. The summed E-state index contributed by atoms with van der Waals surface area (Å²) >= 11 is 0. The fourth-order valence-corrected chi connectivity index (χ4v) is 4.86. The molecule has 0 aliphatic heterocycles. The third-order valence-electron chi connectivity index (χ3n) is 7.00. The number of hydrogen-bond donors (Lipinski definition) is 2. The molecule has 0 bridgehead atoms. The van der Waals surface area contributed by atoms with Crippen LogP contribution in [0.3, 0.4) is 0 Å². The van der Waals surface area contributed by atoms with Gasteiger partial charge in [-0.2, -0.15) is 13.2 Å². The third-order valence-corrected chi connectivity index (χ3v) is 7.00. The van der Waals surface area contributed by atoms with Gasteiger partial charge in [-0.3, -0.25) is 9.59 Å². The number of rotatable bonds is 8. The van der Waals surface area contributed by atoms with Crippen LogP contribution < -0.4 is 11.1 Å². The number of hydrogen-bond acceptors (Lipinski definition) is 5. The van der Waals surface area contributed by atoms with Gasteiger partial charge in [0.2, 0.25) is 5.78 Å². The summed E-state index contributed by atoms with van der Waals surface area (Å²) in [5.41, 5.74) is 8.66. The molecule has 0 saturated heterocycles. The minimum absolute atomic E-state index is 0.00438. The largest absolute Gasteiger partial charge is 0.471 e. The zero-order valence-corrected chi connectivity index (χ0v) is 22.9. The number of ketones is 1. The lowest BCUT2D eigenvalue weighted by Gasteiger charge is -2.18. The van der Waals surface area contributed by atoms with Crippen LogP contribution in [-0.2, 0) is 22.6 Å². The maximum absolute atomic E-state index is 14.1.